The molecule has 1 aliphatic carbocycles. The van der Waals surface area contributed by atoms with Gasteiger partial charge in [-0.2, -0.15) is 13.2 Å². The maximum Gasteiger partial charge on any atom is 0.471 e. The summed E-state index contributed by atoms with van der Waals surface area (Å²) < 4.78 is 61.8. The summed E-state index contributed by atoms with van der Waals surface area (Å²) in [5.74, 6) is -4.02. The van der Waals surface area contributed by atoms with Gasteiger partial charge in [0.05, 0.1) is 30.7 Å². The molecule has 20 heteroatoms. The van der Waals surface area contributed by atoms with Crippen LogP contribution in [0.3, 0.4) is 0 Å². The molecule has 17 nitrogen and oxygen atoms in total. The number of unbranched alkanes of at least 4 members (excludes halogenated alkanes) is 12. The van der Waals surface area contributed by atoms with Crippen LogP contribution in [-0.4, -0.2) is 153 Å². The van der Waals surface area contributed by atoms with E-state index < -0.39 is 116 Å². The molecule has 3 fully saturated rings. The minimum atomic E-state index is -5.39. The van der Waals surface area contributed by atoms with Crippen LogP contribution in [0.5, 0.6) is 0 Å². The normalized spacial score (nSPS) is 36.6. The Balaban J connectivity index is 1.67. The number of hydrogen-bond donors (Lipinski definition) is 11. The molecular formula is C36H65F3N4O13. The van der Waals surface area contributed by atoms with E-state index in [0.29, 0.717) is 6.42 Å². The number of aliphatic hydroxyl groups excluding tert-OH is 7. The zero-order chi connectivity index (χ0) is 41.6. The number of hydrogen-bond acceptors (Lipinski definition) is 15. The van der Waals surface area contributed by atoms with Gasteiger partial charge in [-0.1, -0.05) is 84.0 Å². The van der Waals surface area contributed by atoms with Gasteiger partial charge < -0.3 is 76.8 Å². The van der Waals surface area contributed by atoms with Gasteiger partial charge >= 0.3 is 12.1 Å². The van der Waals surface area contributed by atoms with Crippen LogP contribution in [0.4, 0.5) is 13.2 Å². The number of carbonyl (C=O) groups is 2. The molecule has 2 aliphatic heterocycles. The van der Waals surface area contributed by atoms with Crippen molar-refractivity contribution in [1.29, 1.82) is 0 Å². The van der Waals surface area contributed by atoms with Crippen molar-refractivity contribution >= 4 is 11.8 Å². The van der Waals surface area contributed by atoms with E-state index in [-0.39, 0.29) is 19.4 Å². The van der Waals surface area contributed by atoms with Crippen molar-refractivity contribution in [2.45, 2.75) is 195 Å². The number of halogens is 3. The zero-order valence-corrected chi connectivity index (χ0v) is 32.0. The quantitative estimate of drug-likeness (QED) is 0.0601. The first kappa shape index (κ1) is 48.6. The van der Waals surface area contributed by atoms with Gasteiger partial charge in [0.25, 0.3) is 0 Å². The highest BCUT2D eigenvalue weighted by molar-refractivity contribution is 5.82. The smallest absolute Gasteiger partial charge is 0.394 e. The van der Waals surface area contributed by atoms with Crippen LogP contribution >= 0.6 is 0 Å². The van der Waals surface area contributed by atoms with Crippen LogP contribution in [-0.2, 0) is 28.5 Å². The summed E-state index contributed by atoms with van der Waals surface area (Å²) in [6.45, 7) is 0.917. The van der Waals surface area contributed by atoms with E-state index in [0.717, 1.165) is 25.7 Å². The summed E-state index contributed by atoms with van der Waals surface area (Å²) in [5.41, 5.74) is 12.2. The van der Waals surface area contributed by atoms with Gasteiger partial charge in [-0.05, 0) is 12.8 Å². The highest BCUT2D eigenvalue weighted by Crippen LogP contribution is 2.34. The third-order valence-electron chi connectivity index (χ3n) is 10.9. The molecular weight excluding hydrogens is 753 g/mol. The fourth-order valence-electron chi connectivity index (χ4n) is 7.52. The maximum atomic E-state index is 13.2. The third kappa shape index (κ3) is 13.9. The standard InChI is InChI=1S/C36H65F3N4O13/c1-2-3-4-5-6-7-8-9-10-11-12-13-14-15-23(45)42-21-16-20(41)30(29(50)31(21)55-33-19(17-40)25(46)28(49)32(51)56-33)54-34-27(48)24(26(47)22(18-44)53-34)43-35(52)36(37,38)39/h19-22,24-34,44,46-51H,2-18,40-41H2,1H3,(H,42,45)(H,43,52). The average Bonchev–Trinajstić information content (AvgIpc) is 3.14. The molecule has 0 aromatic heterocycles. The van der Waals surface area contributed by atoms with E-state index in [9.17, 15) is 58.5 Å². The van der Waals surface area contributed by atoms with Crippen molar-refractivity contribution in [3.05, 3.63) is 0 Å². The Morgan fingerprint density at radius 2 is 1.29 bits per heavy atom. The highest BCUT2D eigenvalue weighted by atomic mass is 19.4. The fourth-order valence-corrected chi connectivity index (χ4v) is 7.52. The lowest BCUT2D eigenvalue weighted by Gasteiger charge is -2.49. The second-order valence-electron chi connectivity index (χ2n) is 15.2. The first-order valence-electron chi connectivity index (χ1n) is 20.0. The number of nitrogens with one attached hydrogen (secondary N) is 2. The van der Waals surface area contributed by atoms with Gasteiger partial charge in [0, 0.05) is 19.0 Å². The summed E-state index contributed by atoms with van der Waals surface area (Å²) in [4.78, 5) is 24.9. The highest BCUT2D eigenvalue weighted by Gasteiger charge is 2.54. The molecule has 0 radical (unpaired) electrons. The molecule has 0 aromatic carbocycles. The molecule has 1 saturated carbocycles. The first-order chi connectivity index (χ1) is 26.5. The second kappa shape index (κ2) is 23.7. The van der Waals surface area contributed by atoms with Crippen molar-refractivity contribution < 1.29 is 77.5 Å². The van der Waals surface area contributed by atoms with E-state index in [2.05, 4.69) is 12.2 Å². The van der Waals surface area contributed by atoms with E-state index >= 15 is 0 Å². The summed E-state index contributed by atoms with van der Waals surface area (Å²) in [6, 6.07) is -4.25. The van der Waals surface area contributed by atoms with E-state index in [1.165, 1.54) is 56.7 Å². The van der Waals surface area contributed by atoms with Gasteiger partial charge in [-0.15, -0.1) is 0 Å². The van der Waals surface area contributed by atoms with E-state index in [4.69, 9.17) is 30.4 Å². The topological polar surface area (TPSA) is 289 Å². The Morgan fingerprint density at radius 1 is 0.732 bits per heavy atom. The van der Waals surface area contributed by atoms with Crippen LogP contribution in [0, 0.1) is 5.92 Å². The number of amides is 2. The lowest BCUT2D eigenvalue weighted by molar-refractivity contribution is -0.351. The lowest BCUT2D eigenvalue weighted by atomic mass is 9.83. The maximum absolute atomic E-state index is 13.2. The molecule has 15 unspecified atom stereocenters. The fraction of sp³-hybridized carbons (Fsp3) is 0.944. The van der Waals surface area contributed by atoms with Crippen molar-refractivity contribution in [2.75, 3.05) is 13.2 Å². The molecule has 0 bridgehead atoms. The molecule has 13 N–H and O–H groups in total. The Kier molecular flexibility index (Phi) is 20.6. The Morgan fingerprint density at radius 3 is 1.82 bits per heavy atom. The lowest BCUT2D eigenvalue weighted by Crippen LogP contribution is -2.70. The van der Waals surface area contributed by atoms with Crippen LogP contribution in [0.25, 0.3) is 0 Å². The number of carbonyl (C=O) groups excluding carboxylic acids is 2. The number of rotatable bonds is 22. The summed E-state index contributed by atoms with van der Waals surface area (Å²) >= 11 is 0. The van der Waals surface area contributed by atoms with Gasteiger partial charge in [0.1, 0.15) is 42.7 Å². The number of ether oxygens (including phenoxy) is 4. The Hall–Kier alpha value is -1.79. The minimum Gasteiger partial charge on any atom is -0.394 e. The Bertz CT molecular complexity index is 1170. The average molecular weight is 819 g/mol. The largest absolute Gasteiger partial charge is 0.471 e. The second-order valence-corrected chi connectivity index (χ2v) is 15.2. The molecule has 0 spiro atoms. The number of alkyl halides is 3. The predicted molar refractivity (Wildman–Crippen MR) is 192 cm³/mol. The van der Waals surface area contributed by atoms with Gasteiger partial charge in [-0.3, -0.25) is 9.59 Å². The molecule has 2 heterocycles. The molecule has 2 saturated heterocycles. The van der Waals surface area contributed by atoms with Gasteiger partial charge in [-0.25, -0.2) is 0 Å². The third-order valence-corrected chi connectivity index (χ3v) is 10.9. The molecule has 15 atom stereocenters. The monoisotopic (exact) mass is 818 g/mol. The van der Waals surface area contributed by atoms with Crippen LogP contribution in [0.2, 0.25) is 0 Å². The van der Waals surface area contributed by atoms with Crippen molar-refractivity contribution in [3.8, 4) is 0 Å². The SMILES string of the molecule is CCCCCCCCCCCCCCCC(=O)NC1CC(N)C(OC2OC(CO)C(O)C(NC(=O)C(F)(F)F)C2O)C(O)C1OC1OC(O)C(O)C(O)C1CN. The first-order valence-corrected chi connectivity index (χ1v) is 20.0. The molecule has 0 aromatic rings. The van der Waals surface area contributed by atoms with Gasteiger partial charge in [0.2, 0.25) is 5.91 Å². The van der Waals surface area contributed by atoms with Gasteiger partial charge in [0.15, 0.2) is 18.9 Å². The molecule has 328 valence electrons. The van der Waals surface area contributed by atoms with Crippen LogP contribution < -0.4 is 22.1 Å². The van der Waals surface area contributed by atoms with Crippen molar-refractivity contribution in [1.82, 2.24) is 10.6 Å². The molecule has 56 heavy (non-hydrogen) atoms. The predicted octanol–water partition coefficient (Wildman–Crippen LogP) is -0.728. The Labute approximate surface area is 325 Å². The van der Waals surface area contributed by atoms with Crippen LogP contribution in [0.1, 0.15) is 103 Å². The van der Waals surface area contributed by atoms with Crippen molar-refractivity contribution in [3.63, 3.8) is 0 Å². The summed E-state index contributed by atoms with van der Waals surface area (Å²) in [6.07, 6.45) is -10.4. The van der Waals surface area contributed by atoms with E-state index in [1.54, 1.807) is 0 Å². The van der Waals surface area contributed by atoms with Crippen molar-refractivity contribution in [2.24, 2.45) is 17.4 Å². The van der Waals surface area contributed by atoms with Crippen LogP contribution in [0.15, 0.2) is 0 Å². The minimum absolute atomic E-state index is 0.138. The zero-order valence-electron chi connectivity index (χ0n) is 32.0. The van der Waals surface area contributed by atoms with E-state index in [1.807, 2.05) is 0 Å². The summed E-state index contributed by atoms with van der Waals surface area (Å²) in [5, 5.41) is 78.0. The number of nitrogens with two attached hydrogens (primary N) is 2. The molecule has 3 rings (SSSR count). The summed E-state index contributed by atoms with van der Waals surface area (Å²) in [7, 11) is 0. The molecule has 3 aliphatic rings. The molecule has 2 amide bonds. The number of aliphatic hydroxyl groups is 7.